The molecule has 112 valence electrons. The molecular weight excluding hydrogens is 285 g/mol. The zero-order chi connectivity index (χ0) is 15.0. The van der Waals surface area contributed by atoms with Crippen molar-refractivity contribution < 1.29 is 13.2 Å². The largest absolute Gasteiger partial charge is 0.417 e. The molecule has 2 atom stereocenters. The highest BCUT2D eigenvalue weighted by molar-refractivity contribution is 7.99. The van der Waals surface area contributed by atoms with Gasteiger partial charge in [-0.3, -0.25) is 0 Å². The van der Waals surface area contributed by atoms with Gasteiger partial charge < -0.3 is 5.73 Å². The first-order valence-electron chi connectivity index (χ1n) is 6.66. The van der Waals surface area contributed by atoms with Gasteiger partial charge in [-0.05, 0) is 30.4 Å². The molecule has 1 saturated carbocycles. The average Bonchev–Trinajstić information content (AvgIpc) is 2.34. The van der Waals surface area contributed by atoms with Crippen molar-refractivity contribution in [2.75, 3.05) is 0 Å². The summed E-state index contributed by atoms with van der Waals surface area (Å²) in [6, 6.07) is 2.54. The van der Waals surface area contributed by atoms with Crippen LogP contribution in [0.1, 0.15) is 38.7 Å². The average molecular weight is 304 g/mol. The Hall–Kier alpha value is -0.750. The predicted octanol–water partition coefficient (Wildman–Crippen LogP) is 4.10. The molecule has 2 rings (SSSR count). The molecule has 2 nitrogen and oxygen atoms in total. The number of aromatic nitrogens is 1. The standard InChI is InChI=1S/C14H19F3N2S/c1-13(2)7-3-4-10(12(13)18)20-11-6-5-9(8-19-11)14(15,16)17/h5-6,8,10,12H,3-4,7,18H2,1-2H3. The molecule has 0 spiro atoms. The maximum Gasteiger partial charge on any atom is 0.417 e. The zero-order valence-corrected chi connectivity index (χ0v) is 12.4. The van der Waals surface area contributed by atoms with Gasteiger partial charge in [0.2, 0.25) is 0 Å². The number of nitrogens with zero attached hydrogens (tertiary/aromatic N) is 1. The molecule has 2 N–H and O–H groups in total. The van der Waals surface area contributed by atoms with Crippen molar-refractivity contribution in [2.24, 2.45) is 11.1 Å². The van der Waals surface area contributed by atoms with E-state index in [2.05, 4.69) is 18.8 Å². The topological polar surface area (TPSA) is 38.9 Å². The van der Waals surface area contributed by atoms with Crippen LogP contribution < -0.4 is 5.73 Å². The lowest BCUT2D eigenvalue weighted by Crippen LogP contribution is -2.48. The number of thioether (sulfide) groups is 1. The van der Waals surface area contributed by atoms with Gasteiger partial charge in [-0.2, -0.15) is 13.2 Å². The molecule has 1 heterocycles. The van der Waals surface area contributed by atoms with Gasteiger partial charge in [-0.25, -0.2) is 4.98 Å². The lowest BCUT2D eigenvalue weighted by Gasteiger charge is -2.41. The summed E-state index contributed by atoms with van der Waals surface area (Å²) in [7, 11) is 0. The Bertz CT molecular complexity index is 456. The van der Waals surface area contributed by atoms with Crippen molar-refractivity contribution >= 4 is 11.8 Å². The molecule has 20 heavy (non-hydrogen) atoms. The SMILES string of the molecule is CC1(C)CCCC(Sc2ccc(C(F)(F)F)cn2)C1N. The Morgan fingerprint density at radius 2 is 2.05 bits per heavy atom. The highest BCUT2D eigenvalue weighted by Crippen LogP contribution is 2.41. The zero-order valence-electron chi connectivity index (χ0n) is 11.6. The van der Waals surface area contributed by atoms with Gasteiger partial charge in [-0.15, -0.1) is 11.8 Å². The van der Waals surface area contributed by atoms with Crippen LogP contribution in [-0.4, -0.2) is 16.3 Å². The minimum atomic E-state index is -4.33. The lowest BCUT2D eigenvalue weighted by molar-refractivity contribution is -0.137. The molecule has 0 aliphatic heterocycles. The Morgan fingerprint density at radius 1 is 1.35 bits per heavy atom. The van der Waals surface area contributed by atoms with Crippen molar-refractivity contribution in [1.29, 1.82) is 0 Å². The Balaban J connectivity index is 2.07. The van der Waals surface area contributed by atoms with Crippen LogP contribution in [0.15, 0.2) is 23.4 Å². The summed E-state index contributed by atoms with van der Waals surface area (Å²) < 4.78 is 37.4. The van der Waals surface area contributed by atoms with E-state index >= 15 is 0 Å². The second-order valence-electron chi connectivity index (χ2n) is 5.95. The van der Waals surface area contributed by atoms with Crippen LogP contribution in [0.5, 0.6) is 0 Å². The molecule has 6 heteroatoms. The molecule has 1 aromatic heterocycles. The molecule has 1 aliphatic carbocycles. The van der Waals surface area contributed by atoms with Crippen molar-refractivity contribution in [1.82, 2.24) is 4.98 Å². The minimum Gasteiger partial charge on any atom is -0.326 e. The van der Waals surface area contributed by atoms with Gasteiger partial charge >= 0.3 is 6.18 Å². The van der Waals surface area contributed by atoms with E-state index in [1.165, 1.54) is 17.8 Å². The molecule has 0 amide bonds. The fourth-order valence-corrected chi connectivity index (χ4v) is 3.88. The number of rotatable bonds is 2. The normalized spacial score (nSPS) is 26.5. The summed E-state index contributed by atoms with van der Waals surface area (Å²) in [4.78, 5) is 3.91. The second kappa shape index (κ2) is 5.56. The first-order valence-corrected chi connectivity index (χ1v) is 7.53. The predicted molar refractivity (Wildman–Crippen MR) is 74.5 cm³/mol. The smallest absolute Gasteiger partial charge is 0.326 e. The summed E-state index contributed by atoms with van der Waals surface area (Å²) in [6.07, 6.45) is -0.274. The highest BCUT2D eigenvalue weighted by Gasteiger charge is 2.37. The van der Waals surface area contributed by atoms with E-state index in [4.69, 9.17) is 5.73 Å². The third-order valence-corrected chi connectivity index (χ3v) is 5.26. The van der Waals surface area contributed by atoms with E-state index in [0.717, 1.165) is 31.5 Å². The van der Waals surface area contributed by atoms with E-state index in [1.807, 2.05) is 0 Å². The summed E-state index contributed by atoms with van der Waals surface area (Å²) in [5, 5.41) is 0.819. The van der Waals surface area contributed by atoms with Crippen molar-refractivity contribution in [2.45, 2.75) is 55.6 Å². The monoisotopic (exact) mass is 304 g/mol. The maximum atomic E-state index is 12.5. The second-order valence-corrected chi connectivity index (χ2v) is 7.21. The first kappa shape index (κ1) is 15.6. The van der Waals surface area contributed by atoms with Gasteiger partial charge in [0, 0.05) is 17.5 Å². The Kier molecular flexibility index (Phi) is 4.35. The van der Waals surface area contributed by atoms with E-state index < -0.39 is 11.7 Å². The number of alkyl halides is 3. The summed E-state index contributed by atoms with van der Waals surface area (Å²) in [5.41, 5.74) is 5.63. The number of halogens is 3. The molecule has 0 radical (unpaired) electrons. The van der Waals surface area contributed by atoms with Gasteiger partial charge in [-0.1, -0.05) is 20.3 Å². The number of nitrogens with two attached hydrogens (primary N) is 1. The molecule has 1 aliphatic rings. The van der Waals surface area contributed by atoms with E-state index in [9.17, 15) is 13.2 Å². The number of hydrogen-bond donors (Lipinski definition) is 1. The molecule has 2 unspecified atom stereocenters. The van der Waals surface area contributed by atoms with Crippen LogP contribution in [-0.2, 0) is 6.18 Å². The van der Waals surface area contributed by atoms with E-state index in [1.54, 1.807) is 0 Å². The van der Waals surface area contributed by atoms with Crippen LogP contribution in [0.25, 0.3) is 0 Å². The van der Waals surface area contributed by atoms with Gasteiger partial charge in [0.25, 0.3) is 0 Å². The summed E-state index contributed by atoms with van der Waals surface area (Å²) >= 11 is 1.49. The maximum absolute atomic E-state index is 12.5. The van der Waals surface area contributed by atoms with Crippen molar-refractivity contribution in [3.63, 3.8) is 0 Å². The Labute approximate surface area is 121 Å². The van der Waals surface area contributed by atoms with Crippen molar-refractivity contribution in [3.05, 3.63) is 23.9 Å². The van der Waals surface area contributed by atoms with Gasteiger partial charge in [0.15, 0.2) is 0 Å². The van der Waals surface area contributed by atoms with Crippen LogP contribution in [0.3, 0.4) is 0 Å². The summed E-state index contributed by atoms with van der Waals surface area (Å²) in [5.74, 6) is 0. The third kappa shape index (κ3) is 3.47. The number of hydrogen-bond acceptors (Lipinski definition) is 3. The fourth-order valence-electron chi connectivity index (χ4n) is 2.51. The van der Waals surface area contributed by atoms with Crippen LogP contribution in [0, 0.1) is 5.41 Å². The molecule has 0 aromatic carbocycles. The first-order chi connectivity index (χ1) is 9.20. The summed E-state index contributed by atoms with van der Waals surface area (Å²) in [6.45, 7) is 4.29. The molecular formula is C14H19F3N2S. The Morgan fingerprint density at radius 3 is 2.60 bits per heavy atom. The molecule has 1 aromatic rings. The number of pyridine rings is 1. The van der Waals surface area contributed by atoms with Crippen molar-refractivity contribution in [3.8, 4) is 0 Å². The van der Waals surface area contributed by atoms with Gasteiger partial charge in [0.1, 0.15) is 0 Å². The minimum absolute atomic E-state index is 0.0327. The van der Waals surface area contributed by atoms with Crippen LogP contribution >= 0.6 is 11.8 Å². The molecule has 0 saturated heterocycles. The fraction of sp³-hybridized carbons (Fsp3) is 0.643. The van der Waals surface area contributed by atoms with Crippen LogP contribution in [0.2, 0.25) is 0 Å². The quantitative estimate of drug-likeness (QED) is 0.894. The molecule has 1 fully saturated rings. The van der Waals surface area contributed by atoms with Gasteiger partial charge in [0.05, 0.1) is 10.6 Å². The van der Waals surface area contributed by atoms with E-state index in [0.29, 0.717) is 5.03 Å². The van der Waals surface area contributed by atoms with Crippen LogP contribution in [0.4, 0.5) is 13.2 Å². The lowest BCUT2D eigenvalue weighted by atomic mass is 9.73. The van der Waals surface area contributed by atoms with E-state index in [-0.39, 0.29) is 16.7 Å². The third-order valence-electron chi connectivity index (χ3n) is 3.95. The highest BCUT2D eigenvalue weighted by atomic mass is 32.2. The molecule has 0 bridgehead atoms.